The highest BCUT2D eigenvalue weighted by molar-refractivity contribution is 7.93. The van der Waals surface area contributed by atoms with E-state index in [0.29, 0.717) is 31.0 Å². The van der Waals surface area contributed by atoms with Gasteiger partial charge in [-0.2, -0.15) is 0 Å². The van der Waals surface area contributed by atoms with Crippen LogP contribution in [0.1, 0.15) is 43.3 Å². The Morgan fingerprint density at radius 2 is 1.77 bits per heavy atom. The highest BCUT2D eigenvalue weighted by Crippen LogP contribution is 2.42. The van der Waals surface area contributed by atoms with Gasteiger partial charge in [-0.1, -0.05) is 31.4 Å². The van der Waals surface area contributed by atoms with E-state index in [4.69, 9.17) is 11.6 Å². The minimum atomic E-state index is -3.80. The van der Waals surface area contributed by atoms with Gasteiger partial charge in [0.05, 0.1) is 15.6 Å². The summed E-state index contributed by atoms with van der Waals surface area (Å²) in [5, 5.41) is 3.72. The lowest BCUT2D eigenvalue weighted by Gasteiger charge is -2.39. The molecule has 0 unspecified atom stereocenters. The van der Waals surface area contributed by atoms with E-state index in [1.54, 1.807) is 28.4 Å². The van der Waals surface area contributed by atoms with E-state index in [9.17, 15) is 13.2 Å². The number of piperazine rings is 1. The van der Waals surface area contributed by atoms with Crippen molar-refractivity contribution in [3.8, 4) is 0 Å². The fourth-order valence-electron chi connectivity index (χ4n) is 4.59. The number of sulfone groups is 1. The van der Waals surface area contributed by atoms with E-state index in [1.807, 2.05) is 0 Å². The van der Waals surface area contributed by atoms with Crippen LogP contribution in [-0.4, -0.2) is 60.0 Å². The van der Waals surface area contributed by atoms with Gasteiger partial charge in [0.15, 0.2) is 14.6 Å². The molecule has 0 N–H and O–H groups in total. The molecule has 9 heteroatoms. The van der Waals surface area contributed by atoms with Crippen LogP contribution in [0.5, 0.6) is 0 Å². The van der Waals surface area contributed by atoms with Crippen molar-refractivity contribution in [3.05, 3.63) is 45.4 Å². The van der Waals surface area contributed by atoms with Crippen LogP contribution in [0, 0.1) is 0 Å². The standard InChI is InChI=1S/C22H28ClN3O3S2/c1-2-20-24-18(16-30-20)15-25-11-13-26(14-12-25)21(27)22(9-3-4-10-22)31(28,29)19-7-5-17(23)6-8-19/h5-8,16H,2-4,9-15H2,1H3. The zero-order chi connectivity index (χ0) is 22.1. The Kier molecular flexibility index (Phi) is 6.72. The molecule has 1 saturated heterocycles. The number of hydrogen-bond donors (Lipinski definition) is 0. The molecule has 0 bridgehead atoms. The van der Waals surface area contributed by atoms with Crippen molar-refractivity contribution < 1.29 is 13.2 Å². The lowest BCUT2D eigenvalue weighted by atomic mass is 10.0. The number of amides is 1. The SMILES string of the molecule is CCc1nc(CN2CCN(C(=O)C3(S(=O)(=O)c4ccc(Cl)cc4)CCCC3)CC2)cs1. The van der Waals surface area contributed by atoms with Crippen LogP contribution in [0.25, 0.3) is 0 Å². The van der Waals surface area contributed by atoms with Gasteiger partial charge in [-0.15, -0.1) is 11.3 Å². The molecule has 2 aromatic rings. The van der Waals surface area contributed by atoms with Gasteiger partial charge >= 0.3 is 0 Å². The largest absolute Gasteiger partial charge is 0.339 e. The third-order valence-electron chi connectivity index (χ3n) is 6.39. The summed E-state index contributed by atoms with van der Waals surface area (Å²) in [4.78, 5) is 22.5. The van der Waals surface area contributed by atoms with Gasteiger partial charge < -0.3 is 4.90 Å². The maximum absolute atomic E-state index is 13.6. The number of thiazole rings is 1. The molecule has 31 heavy (non-hydrogen) atoms. The molecular weight excluding hydrogens is 454 g/mol. The number of benzene rings is 1. The zero-order valence-electron chi connectivity index (χ0n) is 17.7. The first-order valence-electron chi connectivity index (χ1n) is 10.8. The predicted octanol–water partition coefficient (Wildman–Crippen LogP) is 3.79. The quantitative estimate of drug-likeness (QED) is 0.627. The summed E-state index contributed by atoms with van der Waals surface area (Å²) in [7, 11) is -3.80. The van der Waals surface area contributed by atoms with Crippen LogP contribution in [0.4, 0.5) is 0 Å². The predicted molar refractivity (Wildman–Crippen MR) is 123 cm³/mol. The van der Waals surface area contributed by atoms with Crippen molar-refractivity contribution >= 4 is 38.7 Å². The minimum absolute atomic E-state index is 0.182. The molecule has 2 fully saturated rings. The van der Waals surface area contributed by atoms with Crippen LogP contribution < -0.4 is 0 Å². The lowest BCUT2D eigenvalue weighted by molar-refractivity contribution is -0.135. The monoisotopic (exact) mass is 481 g/mol. The third kappa shape index (κ3) is 4.40. The summed E-state index contributed by atoms with van der Waals surface area (Å²) >= 11 is 7.63. The topological polar surface area (TPSA) is 70.6 Å². The summed E-state index contributed by atoms with van der Waals surface area (Å²) < 4.78 is 25.8. The number of aromatic nitrogens is 1. The summed E-state index contributed by atoms with van der Waals surface area (Å²) in [6.45, 7) is 5.41. The molecule has 1 aliphatic heterocycles. The van der Waals surface area contributed by atoms with Crippen molar-refractivity contribution in [2.75, 3.05) is 26.2 Å². The molecule has 1 amide bonds. The molecule has 4 rings (SSSR count). The second kappa shape index (κ2) is 9.17. The minimum Gasteiger partial charge on any atom is -0.339 e. The van der Waals surface area contributed by atoms with Crippen molar-refractivity contribution in [2.24, 2.45) is 0 Å². The van der Waals surface area contributed by atoms with Crippen molar-refractivity contribution in [1.82, 2.24) is 14.8 Å². The van der Waals surface area contributed by atoms with Gasteiger partial charge in [0.1, 0.15) is 0 Å². The van der Waals surface area contributed by atoms with Crippen LogP contribution in [0.15, 0.2) is 34.5 Å². The van der Waals surface area contributed by atoms with Gasteiger partial charge in [0, 0.05) is 43.1 Å². The summed E-state index contributed by atoms with van der Waals surface area (Å²) in [5.41, 5.74) is 1.07. The highest BCUT2D eigenvalue weighted by Gasteiger charge is 2.54. The van der Waals surface area contributed by atoms with Crippen LogP contribution in [0.2, 0.25) is 5.02 Å². The molecular formula is C22H28ClN3O3S2. The molecule has 0 spiro atoms. The number of aryl methyl sites for hydroxylation is 1. The second-order valence-corrected chi connectivity index (χ2v) is 12.0. The first-order chi connectivity index (χ1) is 14.9. The smallest absolute Gasteiger partial charge is 0.244 e. The van der Waals surface area contributed by atoms with Gasteiger partial charge in [-0.25, -0.2) is 13.4 Å². The summed E-state index contributed by atoms with van der Waals surface area (Å²) in [6.07, 6.45) is 3.21. The van der Waals surface area contributed by atoms with E-state index in [1.165, 1.54) is 12.1 Å². The Hall–Kier alpha value is -1.48. The molecule has 0 atom stereocenters. The average Bonchev–Trinajstić information content (AvgIpc) is 3.45. The van der Waals surface area contributed by atoms with Gasteiger partial charge in [-0.05, 0) is 43.5 Å². The maximum atomic E-state index is 13.6. The maximum Gasteiger partial charge on any atom is 0.244 e. The zero-order valence-corrected chi connectivity index (χ0v) is 20.1. The number of carbonyl (C=O) groups is 1. The van der Waals surface area contributed by atoms with Gasteiger partial charge in [0.25, 0.3) is 0 Å². The van der Waals surface area contributed by atoms with Crippen molar-refractivity contribution in [1.29, 1.82) is 0 Å². The normalized spacial score (nSPS) is 19.6. The molecule has 2 heterocycles. The van der Waals surface area contributed by atoms with E-state index in [2.05, 4.69) is 22.2 Å². The molecule has 6 nitrogen and oxygen atoms in total. The van der Waals surface area contributed by atoms with Crippen molar-refractivity contribution in [3.63, 3.8) is 0 Å². The second-order valence-electron chi connectivity index (χ2n) is 8.31. The van der Waals surface area contributed by atoms with Crippen LogP contribution in [0.3, 0.4) is 0 Å². The molecule has 1 aromatic heterocycles. The fourth-order valence-corrected chi connectivity index (χ4v) is 7.59. The Morgan fingerprint density at radius 1 is 1.13 bits per heavy atom. The average molecular weight is 482 g/mol. The van der Waals surface area contributed by atoms with E-state index < -0.39 is 14.6 Å². The number of halogens is 1. The van der Waals surface area contributed by atoms with E-state index in [-0.39, 0.29) is 10.8 Å². The Labute approximate surface area is 193 Å². The number of nitrogens with zero attached hydrogens (tertiary/aromatic N) is 3. The highest BCUT2D eigenvalue weighted by atomic mass is 35.5. The third-order valence-corrected chi connectivity index (χ3v) is 10.2. The fraction of sp³-hybridized carbons (Fsp3) is 0.545. The summed E-state index contributed by atoms with van der Waals surface area (Å²) in [6, 6.07) is 6.17. The van der Waals surface area contributed by atoms with Crippen LogP contribution >= 0.6 is 22.9 Å². The first-order valence-corrected chi connectivity index (χ1v) is 13.5. The number of carbonyl (C=O) groups excluding carboxylic acids is 1. The van der Waals surface area contributed by atoms with E-state index in [0.717, 1.165) is 49.6 Å². The Bertz CT molecular complexity index is 1020. The Morgan fingerprint density at radius 3 is 2.35 bits per heavy atom. The van der Waals surface area contributed by atoms with Gasteiger partial charge in [-0.3, -0.25) is 9.69 Å². The molecule has 0 radical (unpaired) electrons. The molecule has 1 saturated carbocycles. The van der Waals surface area contributed by atoms with Gasteiger partial charge in [0.2, 0.25) is 5.91 Å². The number of rotatable bonds is 6. The van der Waals surface area contributed by atoms with Crippen molar-refractivity contribution in [2.45, 2.75) is 55.2 Å². The summed E-state index contributed by atoms with van der Waals surface area (Å²) in [5.74, 6) is -0.235. The number of hydrogen-bond acceptors (Lipinski definition) is 6. The molecule has 168 valence electrons. The molecule has 1 aliphatic carbocycles. The van der Waals surface area contributed by atoms with Crippen LogP contribution in [-0.2, 0) is 27.6 Å². The first kappa shape index (κ1) is 22.7. The Balaban J connectivity index is 1.47. The molecule has 2 aliphatic rings. The van der Waals surface area contributed by atoms with E-state index >= 15 is 0 Å². The molecule has 1 aromatic carbocycles. The lowest BCUT2D eigenvalue weighted by Crippen LogP contribution is -2.57.